The van der Waals surface area contributed by atoms with E-state index in [-0.39, 0.29) is 5.57 Å². The normalized spacial score (nSPS) is 10.7. The molecule has 0 aliphatic rings. The number of carbonyl (C=O) groups excluding carboxylic acids is 1. The van der Waals surface area contributed by atoms with Gasteiger partial charge in [0.15, 0.2) is 5.13 Å². The molecule has 2 N–H and O–H groups in total. The maximum absolute atomic E-state index is 11.9. The van der Waals surface area contributed by atoms with E-state index in [4.69, 9.17) is 5.26 Å². The number of benzene rings is 1. The van der Waals surface area contributed by atoms with Crippen LogP contribution in [0.15, 0.2) is 47.6 Å². The maximum atomic E-state index is 11.9. The van der Waals surface area contributed by atoms with Crippen molar-refractivity contribution < 1.29 is 4.79 Å². The summed E-state index contributed by atoms with van der Waals surface area (Å²) in [5.41, 5.74) is 1.74. The molecule has 2 aromatic rings. The smallest absolute Gasteiger partial charge is 0.267 e. The Labute approximate surface area is 120 Å². The van der Waals surface area contributed by atoms with Crippen LogP contribution in [0.5, 0.6) is 0 Å². The molecule has 2 rings (SSSR count). The molecule has 0 aliphatic carbocycles. The first-order valence-electron chi connectivity index (χ1n) is 5.83. The molecule has 0 unspecified atom stereocenters. The predicted octanol–water partition coefficient (Wildman–Crippen LogP) is 2.91. The molecular formula is C14H12N4OS. The van der Waals surface area contributed by atoms with Crippen molar-refractivity contribution in [1.29, 1.82) is 5.26 Å². The molecule has 1 aromatic heterocycles. The van der Waals surface area contributed by atoms with E-state index in [2.05, 4.69) is 15.6 Å². The average molecular weight is 284 g/mol. The largest absolute Gasteiger partial charge is 0.337 e. The van der Waals surface area contributed by atoms with Crippen molar-refractivity contribution in [3.05, 3.63) is 53.2 Å². The molecule has 0 bridgehead atoms. The number of nitrogens with one attached hydrogen (secondary N) is 2. The first-order valence-corrected chi connectivity index (χ1v) is 6.71. The van der Waals surface area contributed by atoms with E-state index in [1.54, 1.807) is 23.7 Å². The van der Waals surface area contributed by atoms with E-state index in [0.717, 1.165) is 5.56 Å². The summed E-state index contributed by atoms with van der Waals surface area (Å²) in [5.74, 6) is -0.458. The molecule has 0 aliphatic heterocycles. The van der Waals surface area contributed by atoms with Crippen LogP contribution in [-0.2, 0) is 4.79 Å². The van der Waals surface area contributed by atoms with Crippen LogP contribution < -0.4 is 10.6 Å². The molecular weight excluding hydrogens is 272 g/mol. The van der Waals surface area contributed by atoms with Gasteiger partial charge in [0.2, 0.25) is 0 Å². The number of rotatable bonds is 4. The maximum Gasteiger partial charge on any atom is 0.267 e. The zero-order valence-electron chi connectivity index (χ0n) is 10.8. The van der Waals surface area contributed by atoms with Gasteiger partial charge in [-0.15, -0.1) is 11.3 Å². The van der Waals surface area contributed by atoms with Crippen molar-refractivity contribution in [3.8, 4) is 6.07 Å². The van der Waals surface area contributed by atoms with Crippen LogP contribution in [0, 0.1) is 18.3 Å². The summed E-state index contributed by atoms with van der Waals surface area (Å²) in [7, 11) is 0. The fraction of sp³-hybridized carbons (Fsp3) is 0.0714. The number of aryl methyl sites for hydroxylation is 1. The number of nitrogens with zero attached hydrogens (tertiary/aromatic N) is 2. The van der Waals surface area contributed by atoms with E-state index in [9.17, 15) is 4.79 Å². The summed E-state index contributed by atoms with van der Waals surface area (Å²) >= 11 is 1.38. The van der Waals surface area contributed by atoms with Gasteiger partial charge in [0.05, 0.1) is 0 Å². The van der Waals surface area contributed by atoms with Crippen LogP contribution >= 0.6 is 11.3 Å². The first kappa shape index (κ1) is 13.8. The fourth-order valence-corrected chi connectivity index (χ4v) is 1.91. The van der Waals surface area contributed by atoms with Gasteiger partial charge in [-0.25, -0.2) is 4.98 Å². The van der Waals surface area contributed by atoms with Gasteiger partial charge < -0.3 is 10.6 Å². The summed E-state index contributed by atoms with van der Waals surface area (Å²) in [4.78, 5) is 15.9. The highest BCUT2D eigenvalue weighted by Crippen LogP contribution is 2.12. The third-order valence-corrected chi connectivity index (χ3v) is 3.15. The van der Waals surface area contributed by atoms with Crippen LogP contribution in [0.2, 0.25) is 0 Å². The lowest BCUT2D eigenvalue weighted by Gasteiger charge is -2.04. The monoisotopic (exact) mass is 284 g/mol. The highest BCUT2D eigenvalue weighted by molar-refractivity contribution is 7.13. The highest BCUT2D eigenvalue weighted by Gasteiger charge is 2.09. The Balaban J connectivity index is 2.04. The van der Waals surface area contributed by atoms with Crippen molar-refractivity contribution in [1.82, 2.24) is 4.98 Å². The van der Waals surface area contributed by atoms with Gasteiger partial charge in [-0.05, 0) is 19.1 Å². The Morgan fingerprint density at radius 3 is 2.75 bits per heavy atom. The van der Waals surface area contributed by atoms with Crippen LogP contribution in [0.1, 0.15) is 5.56 Å². The number of anilines is 2. The molecule has 0 spiro atoms. The fourth-order valence-electron chi connectivity index (χ4n) is 1.41. The molecule has 0 saturated heterocycles. The van der Waals surface area contributed by atoms with E-state index in [1.165, 1.54) is 17.5 Å². The zero-order valence-corrected chi connectivity index (χ0v) is 11.6. The number of hydrogen-bond donors (Lipinski definition) is 2. The van der Waals surface area contributed by atoms with Crippen LogP contribution in [0.25, 0.3) is 0 Å². The molecule has 0 fully saturated rings. The summed E-state index contributed by atoms with van der Waals surface area (Å²) in [6.45, 7) is 1.96. The first-order chi connectivity index (χ1) is 9.69. The number of hydrogen-bond acceptors (Lipinski definition) is 5. The topological polar surface area (TPSA) is 77.8 Å². The lowest BCUT2D eigenvalue weighted by molar-refractivity contribution is -0.112. The number of amides is 1. The van der Waals surface area contributed by atoms with Crippen molar-refractivity contribution >= 4 is 28.1 Å². The number of nitriles is 1. The minimum Gasteiger partial charge on any atom is -0.337 e. The van der Waals surface area contributed by atoms with Gasteiger partial charge in [0.1, 0.15) is 11.6 Å². The number of carbonyl (C=O) groups is 1. The third-order valence-electron chi connectivity index (χ3n) is 2.45. The molecule has 6 heteroatoms. The number of aromatic nitrogens is 1. The van der Waals surface area contributed by atoms with Crippen molar-refractivity contribution in [2.24, 2.45) is 0 Å². The van der Waals surface area contributed by atoms with Gasteiger partial charge in [0, 0.05) is 23.5 Å². The minimum absolute atomic E-state index is 0.0132. The Morgan fingerprint density at radius 1 is 1.40 bits per heavy atom. The highest BCUT2D eigenvalue weighted by atomic mass is 32.1. The second kappa shape index (κ2) is 6.50. The van der Waals surface area contributed by atoms with Gasteiger partial charge in [-0.1, -0.05) is 17.7 Å². The Morgan fingerprint density at radius 2 is 2.15 bits per heavy atom. The van der Waals surface area contributed by atoms with Gasteiger partial charge in [-0.3, -0.25) is 4.79 Å². The van der Waals surface area contributed by atoms with Crippen molar-refractivity contribution in [3.63, 3.8) is 0 Å². The summed E-state index contributed by atoms with van der Waals surface area (Å²) in [6, 6.07) is 9.21. The van der Waals surface area contributed by atoms with E-state index < -0.39 is 5.91 Å². The standard InChI is InChI=1S/C14H12N4OS/c1-10-2-4-12(5-3-10)18-13(19)11(8-15)9-17-14-16-6-7-20-14/h2-7,9H,1H3,(H,16,17)(H,18,19)/b11-9-. The molecule has 0 radical (unpaired) electrons. The molecule has 5 nitrogen and oxygen atoms in total. The molecule has 1 amide bonds. The SMILES string of the molecule is Cc1ccc(NC(=O)/C(C#N)=C\Nc2nccs2)cc1. The van der Waals surface area contributed by atoms with Crippen molar-refractivity contribution in [2.45, 2.75) is 6.92 Å². The van der Waals surface area contributed by atoms with Crippen LogP contribution in [-0.4, -0.2) is 10.9 Å². The van der Waals surface area contributed by atoms with Gasteiger partial charge in [0.25, 0.3) is 5.91 Å². The van der Waals surface area contributed by atoms with Crippen LogP contribution in [0.3, 0.4) is 0 Å². The minimum atomic E-state index is -0.458. The average Bonchev–Trinajstić information content (AvgIpc) is 2.95. The molecule has 1 heterocycles. The molecule has 1 aromatic carbocycles. The Kier molecular flexibility index (Phi) is 4.47. The lowest BCUT2D eigenvalue weighted by Crippen LogP contribution is -2.14. The molecule has 0 atom stereocenters. The lowest BCUT2D eigenvalue weighted by atomic mass is 10.2. The van der Waals surface area contributed by atoms with E-state index >= 15 is 0 Å². The summed E-state index contributed by atoms with van der Waals surface area (Å²) in [5, 5.41) is 16.9. The second-order valence-electron chi connectivity index (χ2n) is 3.97. The van der Waals surface area contributed by atoms with E-state index in [0.29, 0.717) is 10.8 Å². The predicted molar refractivity (Wildman–Crippen MR) is 79.2 cm³/mol. The second-order valence-corrected chi connectivity index (χ2v) is 4.87. The van der Waals surface area contributed by atoms with Crippen LogP contribution in [0.4, 0.5) is 10.8 Å². The molecule has 0 saturated carbocycles. The summed E-state index contributed by atoms with van der Waals surface area (Å²) in [6.07, 6.45) is 2.99. The van der Waals surface area contributed by atoms with E-state index in [1.807, 2.05) is 25.1 Å². The number of thiazole rings is 1. The zero-order chi connectivity index (χ0) is 14.4. The molecule has 100 valence electrons. The summed E-state index contributed by atoms with van der Waals surface area (Å²) < 4.78 is 0. The quantitative estimate of drug-likeness (QED) is 0.668. The Hall–Kier alpha value is -2.65. The third kappa shape index (κ3) is 3.67. The van der Waals surface area contributed by atoms with Crippen molar-refractivity contribution in [2.75, 3.05) is 10.6 Å². The molecule has 20 heavy (non-hydrogen) atoms. The van der Waals surface area contributed by atoms with Gasteiger partial charge in [-0.2, -0.15) is 5.26 Å². The Bertz CT molecular complexity index is 653. The van der Waals surface area contributed by atoms with Gasteiger partial charge >= 0.3 is 0 Å².